The molecule has 2 N–H and O–H groups in total. The van der Waals surface area contributed by atoms with E-state index in [0.29, 0.717) is 26.4 Å². The quantitative estimate of drug-likeness (QED) is 0.359. The molecule has 8 heteroatoms. The van der Waals surface area contributed by atoms with Gasteiger partial charge in [-0.05, 0) is 42.5 Å². The Kier molecular flexibility index (Phi) is 7.35. The van der Waals surface area contributed by atoms with Crippen LogP contribution in [0.25, 0.3) is 0 Å². The van der Waals surface area contributed by atoms with E-state index in [2.05, 4.69) is 15.0 Å². The van der Waals surface area contributed by atoms with E-state index in [0.717, 1.165) is 12.0 Å². The van der Waals surface area contributed by atoms with Crippen molar-refractivity contribution in [3.63, 3.8) is 0 Å². The zero-order valence-electron chi connectivity index (χ0n) is 15.4. The lowest BCUT2D eigenvalue weighted by Gasteiger charge is -2.22. The summed E-state index contributed by atoms with van der Waals surface area (Å²) in [7, 11) is -0.648. The molecule has 3 aromatic rings. The maximum atomic E-state index is 14.9. The molecular weight excluding hydrogens is 436 g/mol. The monoisotopic (exact) mass is 455 g/mol. The normalized spacial score (nSPS) is 13.3. The molecular formula is C20H20Cl2FN3S2. The minimum atomic E-state index is -0.648. The lowest BCUT2D eigenvalue weighted by Crippen LogP contribution is -2.11. The van der Waals surface area contributed by atoms with Gasteiger partial charge in [0.2, 0.25) is 0 Å². The Hall–Kier alpha value is -1.60. The standard InChI is InChI=1S/C20H20Cl2FN3S2/c1-3-17(13-7-5-6-8-14(13)21)25-18-10-16(23)19(9-15(18)22)28(4-2)26-20-11-27-12-24-20/h4-12,17,25-26H,3H2,1-2H3/t17-,28?/m0/s1. The zero-order valence-corrected chi connectivity index (χ0v) is 18.5. The van der Waals surface area contributed by atoms with Crippen molar-refractivity contribution in [2.75, 3.05) is 10.0 Å². The molecule has 3 rings (SSSR count). The molecule has 0 spiro atoms. The van der Waals surface area contributed by atoms with Crippen molar-refractivity contribution in [1.82, 2.24) is 4.98 Å². The van der Waals surface area contributed by atoms with Gasteiger partial charge >= 0.3 is 0 Å². The van der Waals surface area contributed by atoms with E-state index in [1.807, 2.05) is 48.9 Å². The largest absolute Gasteiger partial charge is 0.377 e. The van der Waals surface area contributed by atoms with Crippen LogP contribution in [0.2, 0.25) is 10.0 Å². The first-order valence-corrected chi connectivity index (χ1v) is 11.7. The molecule has 0 aliphatic carbocycles. The second kappa shape index (κ2) is 9.74. The fourth-order valence-electron chi connectivity index (χ4n) is 2.77. The number of halogens is 3. The number of hydrogen-bond acceptors (Lipinski definition) is 4. The van der Waals surface area contributed by atoms with Gasteiger partial charge in [-0.1, -0.05) is 59.0 Å². The molecule has 0 bridgehead atoms. The van der Waals surface area contributed by atoms with Crippen molar-refractivity contribution in [1.29, 1.82) is 0 Å². The molecule has 2 atom stereocenters. The second-order valence-corrected chi connectivity index (χ2v) is 9.26. The lowest BCUT2D eigenvalue weighted by atomic mass is 10.0. The van der Waals surface area contributed by atoms with Crippen LogP contribution in [-0.2, 0) is 0 Å². The predicted octanol–water partition coefficient (Wildman–Crippen LogP) is 7.63. The highest BCUT2D eigenvalue weighted by atomic mass is 35.5. The first-order chi connectivity index (χ1) is 13.5. The average molecular weight is 456 g/mol. The Morgan fingerprint density at radius 3 is 2.68 bits per heavy atom. The minimum absolute atomic E-state index is 0.0689. The molecule has 28 heavy (non-hydrogen) atoms. The van der Waals surface area contributed by atoms with Crippen molar-refractivity contribution >= 4 is 62.1 Å². The van der Waals surface area contributed by atoms with E-state index in [1.54, 1.807) is 11.6 Å². The van der Waals surface area contributed by atoms with Crippen LogP contribution in [0.15, 0.2) is 52.2 Å². The van der Waals surface area contributed by atoms with Gasteiger partial charge in [0.25, 0.3) is 0 Å². The van der Waals surface area contributed by atoms with Crippen molar-refractivity contribution in [3.05, 3.63) is 68.7 Å². The number of aromatic nitrogens is 1. The summed E-state index contributed by atoms with van der Waals surface area (Å²) in [6.45, 7) is 3.92. The fourth-order valence-corrected chi connectivity index (χ4v) is 5.21. The second-order valence-electron chi connectivity index (χ2n) is 5.94. The molecule has 1 aromatic heterocycles. The fraction of sp³-hybridized carbons (Fsp3) is 0.200. The maximum absolute atomic E-state index is 14.9. The van der Waals surface area contributed by atoms with Gasteiger partial charge in [-0.15, -0.1) is 11.3 Å². The van der Waals surface area contributed by atoms with Gasteiger partial charge < -0.3 is 10.0 Å². The highest BCUT2D eigenvalue weighted by molar-refractivity contribution is 8.16. The highest BCUT2D eigenvalue weighted by Gasteiger charge is 2.17. The summed E-state index contributed by atoms with van der Waals surface area (Å²) in [6, 6.07) is 10.7. The summed E-state index contributed by atoms with van der Waals surface area (Å²) in [5.41, 5.74) is 3.23. The Morgan fingerprint density at radius 1 is 1.25 bits per heavy atom. The van der Waals surface area contributed by atoms with Crippen LogP contribution in [0.4, 0.5) is 15.9 Å². The van der Waals surface area contributed by atoms with Crippen LogP contribution in [0.1, 0.15) is 31.9 Å². The van der Waals surface area contributed by atoms with Gasteiger partial charge in [0, 0.05) is 10.4 Å². The van der Waals surface area contributed by atoms with Gasteiger partial charge in [0.05, 0.1) is 27.2 Å². The highest BCUT2D eigenvalue weighted by Crippen LogP contribution is 2.37. The SMILES string of the molecule is C/C=S(/Nc1cscn1)c1cc(Cl)c(N[C@@H](CC)c2ccccc2Cl)cc1F. The lowest BCUT2D eigenvalue weighted by molar-refractivity contribution is 0.602. The van der Waals surface area contributed by atoms with Crippen molar-refractivity contribution in [2.45, 2.75) is 31.2 Å². The summed E-state index contributed by atoms with van der Waals surface area (Å²) in [6.07, 6.45) is 0.780. The van der Waals surface area contributed by atoms with Crippen molar-refractivity contribution in [3.8, 4) is 0 Å². The molecule has 0 saturated heterocycles. The summed E-state index contributed by atoms with van der Waals surface area (Å²) < 4.78 is 18.2. The first kappa shape index (κ1) is 21.1. The Morgan fingerprint density at radius 2 is 2.04 bits per heavy atom. The summed E-state index contributed by atoms with van der Waals surface area (Å²) in [4.78, 5) is 4.70. The van der Waals surface area contributed by atoms with Gasteiger partial charge in [-0.2, -0.15) is 0 Å². The minimum Gasteiger partial charge on any atom is -0.377 e. The van der Waals surface area contributed by atoms with Gasteiger partial charge in [0.1, 0.15) is 11.6 Å². The maximum Gasteiger partial charge on any atom is 0.146 e. The van der Waals surface area contributed by atoms with Gasteiger partial charge in [-0.3, -0.25) is 0 Å². The van der Waals surface area contributed by atoms with E-state index in [1.165, 1.54) is 17.4 Å². The van der Waals surface area contributed by atoms with Gasteiger partial charge in [-0.25, -0.2) is 9.37 Å². The third kappa shape index (κ3) is 4.87. The first-order valence-electron chi connectivity index (χ1n) is 8.70. The molecule has 1 heterocycles. The molecule has 1 unspecified atom stereocenters. The Balaban J connectivity index is 1.88. The van der Waals surface area contributed by atoms with Crippen LogP contribution >= 0.6 is 45.2 Å². The number of rotatable bonds is 7. The molecule has 3 nitrogen and oxygen atoms in total. The Bertz CT molecular complexity index is 978. The van der Waals surface area contributed by atoms with E-state index in [-0.39, 0.29) is 11.9 Å². The van der Waals surface area contributed by atoms with E-state index in [9.17, 15) is 4.39 Å². The molecule has 0 aliphatic rings. The summed E-state index contributed by atoms with van der Waals surface area (Å²) in [5.74, 6) is 0.388. The Labute approximate surface area is 181 Å². The third-order valence-corrected chi connectivity index (χ3v) is 7.09. The molecule has 0 amide bonds. The molecule has 148 valence electrons. The topological polar surface area (TPSA) is 37.0 Å². The smallest absolute Gasteiger partial charge is 0.146 e. The van der Waals surface area contributed by atoms with Crippen molar-refractivity contribution < 1.29 is 4.39 Å². The third-order valence-electron chi connectivity index (χ3n) is 4.16. The van der Waals surface area contributed by atoms with Crippen LogP contribution in [-0.4, -0.2) is 10.4 Å². The predicted molar refractivity (Wildman–Crippen MR) is 123 cm³/mol. The van der Waals surface area contributed by atoms with Crippen LogP contribution in [0, 0.1) is 5.82 Å². The number of benzene rings is 2. The molecule has 0 radical (unpaired) electrons. The number of thiazole rings is 1. The van der Waals surface area contributed by atoms with Crippen molar-refractivity contribution in [2.24, 2.45) is 0 Å². The average Bonchev–Trinajstić information content (AvgIpc) is 3.20. The number of nitrogens with zero attached hydrogens (tertiary/aromatic N) is 1. The number of hydrogen-bond donors (Lipinski definition) is 2. The summed E-state index contributed by atoms with van der Waals surface area (Å²) in [5, 5.41) is 8.25. The molecule has 0 saturated carbocycles. The van der Waals surface area contributed by atoms with Crippen LogP contribution in [0.5, 0.6) is 0 Å². The van der Waals surface area contributed by atoms with Gasteiger partial charge in [0.15, 0.2) is 0 Å². The number of nitrogens with one attached hydrogen (secondary N) is 2. The van der Waals surface area contributed by atoms with Crippen LogP contribution < -0.4 is 10.0 Å². The molecule has 0 fully saturated rings. The zero-order chi connectivity index (χ0) is 20.1. The molecule has 2 aromatic carbocycles. The molecule has 0 aliphatic heterocycles. The van der Waals surface area contributed by atoms with E-state index < -0.39 is 10.7 Å². The van der Waals surface area contributed by atoms with E-state index >= 15 is 0 Å². The van der Waals surface area contributed by atoms with Crippen LogP contribution in [0.3, 0.4) is 0 Å². The summed E-state index contributed by atoms with van der Waals surface area (Å²) >= 11 is 14.3. The van der Waals surface area contributed by atoms with E-state index in [4.69, 9.17) is 23.2 Å². The number of anilines is 2.